The molecule has 0 unspecified atom stereocenters. The van der Waals surface area contributed by atoms with E-state index >= 15 is 0 Å². The van der Waals surface area contributed by atoms with E-state index in [1.54, 1.807) is 7.11 Å². The van der Waals surface area contributed by atoms with Gasteiger partial charge in [-0.05, 0) is 37.0 Å². The van der Waals surface area contributed by atoms with Crippen molar-refractivity contribution < 1.29 is 14.3 Å². The van der Waals surface area contributed by atoms with Gasteiger partial charge in [-0.2, -0.15) is 0 Å². The number of aromatic nitrogens is 2. The molecule has 2 aromatic rings. The fourth-order valence-electron chi connectivity index (χ4n) is 2.52. The van der Waals surface area contributed by atoms with Crippen molar-refractivity contribution in [2.75, 3.05) is 37.9 Å². The van der Waals surface area contributed by atoms with Crippen molar-refractivity contribution >= 4 is 47.5 Å². The zero-order chi connectivity index (χ0) is 21.9. The molecule has 0 spiro atoms. The van der Waals surface area contributed by atoms with Gasteiger partial charge < -0.3 is 26.7 Å². The average molecular weight is 472 g/mol. The van der Waals surface area contributed by atoms with Gasteiger partial charge in [0, 0.05) is 13.7 Å². The number of amidine groups is 1. The van der Waals surface area contributed by atoms with Gasteiger partial charge in [-0.3, -0.25) is 10.3 Å². The second-order valence-corrected chi connectivity index (χ2v) is 6.65. The Morgan fingerprint density at radius 1 is 1.16 bits per heavy atom. The summed E-state index contributed by atoms with van der Waals surface area (Å²) in [6.45, 7) is 1.55. The number of unbranched alkanes of at least 4 members (excludes halogenated alkanes) is 1. The Bertz CT molecular complexity index is 880. The molecule has 170 valence electrons. The minimum absolute atomic E-state index is 0. The monoisotopic (exact) mass is 471 g/mol. The molecule has 0 saturated carbocycles. The van der Waals surface area contributed by atoms with Crippen LogP contribution in [0.5, 0.6) is 5.75 Å². The van der Waals surface area contributed by atoms with E-state index in [2.05, 4.69) is 20.3 Å². The molecule has 12 heteroatoms. The molecule has 0 saturated heterocycles. The van der Waals surface area contributed by atoms with Crippen molar-refractivity contribution in [3.63, 3.8) is 0 Å². The minimum atomic E-state index is -0.824. The van der Waals surface area contributed by atoms with Crippen molar-refractivity contribution in [3.05, 3.63) is 40.7 Å². The van der Waals surface area contributed by atoms with Crippen LogP contribution < -0.4 is 27.3 Å². The largest absolute Gasteiger partial charge is 0.491 e. The van der Waals surface area contributed by atoms with Crippen molar-refractivity contribution in [1.29, 1.82) is 0 Å². The van der Waals surface area contributed by atoms with Gasteiger partial charge in [-0.25, -0.2) is 14.8 Å². The van der Waals surface area contributed by atoms with Gasteiger partial charge in [0.1, 0.15) is 23.9 Å². The Morgan fingerprint density at radius 2 is 1.87 bits per heavy atom. The van der Waals surface area contributed by atoms with Gasteiger partial charge in [0.15, 0.2) is 16.8 Å². The van der Waals surface area contributed by atoms with Crippen molar-refractivity contribution in [1.82, 2.24) is 9.97 Å². The molecular weight excluding hydrogens is 445 g/mol. The van der Waals surface area contributed by atoms with Crippen LogP contribution in [0.3, 0.4) is 0 Å². The lowest BCUT2D eigenvalue weighted by Crippen LogP contribution is -2.25. The third-order valence-electron chi connectivity index (χ3n) is 4.00. The number of nitrogen functional groups attached to an aromatic ring is 1. The number of nitrogens with one attached hydrogen (secondary N) is 1. The first-order valence-electron chi connectivity index (χ1n) is 9.31. The number of hydrogen-bond acceptors (Lipinski definition) is 7. The predicted octanol–water partition coefficient (Wildman–Crippen LogP) is 2.38. The van der Waals surface area contributed by atoms with Crippen LogP contribution in [0.2, 0.25) is 5.15 Å². The molecule has 1 heterocycles. The Balaban J connectivity index is 0.00000480. The summed E-state index contributed by atoms with van der Waals surface area (Å²) in [5.41, 5.74) is 18.0. The van der Waals surface area contributed by atoms with Crippen molar-refractivity contribution in [2.24, 2.45) is 16.5 Å². The number of carbonyl (C=O) groups excluding carboxylic acids is 1. The summed E-state index contributed by atoms with van der Waals surface area (Å²) in [5, 5.41) is 2.28. The SMILES string of the molecule is COCCOc1ccc(CCCCN=C(N)c2nc(Cl)c(N)nc2NC(N)=O)cc1.Cl. The number of anilines is 2. The molecule has 7 N–H and O–H groups in total. The molecule has 0 fully saturated rings. The number of primary amides is 1. The highest BCUT2D eigenvalue weighted by Crippen LogP contribution is 2.19. The standard InChI is InChI=1S/C19H26ClN7O3.ClH/c1-29-10-11-30-13-7-5-12(6-8-13)4-2-3-9-24-16(21)14-18(27-19(23)28)26-17(22)15(20)25-14;/h5-8H,2-4,9-11H2,1H3,(H2,21,24)(H5,22,23,26,27,28);1H. The van der Waals surface area contributed by atoms with E-state index in [0.29, 0.717) is 19.8 Å². The Hall–Kier alpha value is -2.82. The Labute approximate surface area is 192 Å². The molecule has 0 bridgehead atoms. The van der Waals surface area contributed by atoms with Crippen LogP contribution in [-0.4, -0.2) is 48.7 Å². The van der Waals surface area contributed by atoms with E-state index < -0.39 is 6.03 Å². The second-order valence-electron chi connectivity index (χ2n) is 6.30. The van der Waals surface area contributed by atoms with Crippen LogP contribution in [0.15, 0.2) is 29.3 Å². The number of aryl methyl sites for hydroxylation is 1. The highest BCUT2D eigenvalue weighted by molar-refractivity contribution is 6.31. The number of halogens is 2. The molecule has 2 rings (SSSR count). The average Bonchev–Trinajstić information content (AvgIpc) is 2.71. The maximum atomic E-state index is 11.1. The van der Waals surface area contributed by atoms with E-state index in [1.807, 2.05) is 24.3 Å². The summed E-state index contributed by atoms with van der Waals surface area (Å²) < 4.78 is 10.5. The zero-order valence-electron chi connectivity index (χ0n) is 17.1. The van der Waals surface area contributed by atoms with Crippen LogP contribution in [0, 0.1) is 0 Å². The lowest BCUT2D eigenvalue weighted by atomic mass is 10.1. The summed E-state index contributed by atoms with van der Waals surface area (Å²) in [6.07, 6.45) is 2.62. The number of benzene rings is 1. The van der Waals surface area contributed by atoms with Gasteiger partial charge >= 0.3 is 6.03 Å². The maximum Gasteiger partial charge on any atom is 0.317 e. The number of carbonyl (C=O) groups is 1. The topological polar surface area (TPSA) is 164 Å². The van der Waals surface area contributed by atoms with Crippen LogP contribution in [0.4, 0.5) is 16.4 Å². The number of amides is 2. The first-order chi connectivity index (χ1) is 14.4. The van der Waals surface area contributed by atoms with Crippen molar-refractivity contribution in [3.8, 4) is 5.75 Å². The lowest BCUT2D eigenvalue weighted by molar-refractivity contribution is 0.146. The first kappa shape index (κ1) is 26.2. The van der Waals surface area contributed by atoms with Gasteiger partial charge in [-0.1, -0.05) is 23.7 Å². The van der Waals surface area contributed by atoms with E-state index in [4.69, 9.17) is 38.3 Å². The van der Waals surface area contributed by atoms with E-state index in [0.717, 1.165) is 25.0 Å². The molecular formula is C19H27Cl2N7O3. The molecule has 0 aliphatic heterocycles. The smallest absolute Gasteiger partial charge is 0.317 e. The predicted molar refractivity (Wildman–Crippen MR) is 124 cm³/mol. The normalized spacial score (nSPS) is 11.0. The highest BCUT2D eigenvalue weighted by Gasteiger charge is 2.15. The minimum Gasteiger partial charge on any atom is -0.491 e. The number of nitrogens with zero attached hydrogens (tertiary/aromatic N) is 3. The summed E-state index contributed by atoms with van der Waals surface area (Å²) >= 11 is 5.90. The van der Waals surface area contributed by atoms with Gasteiger partial charge in [0.05, 0.1) is 6.61 Å². The van der Waals surface area contributed by atoms with Crippen LogP contribution in [-0.2, 0) is 11.2 Å². The number of methoxy groups -OCH3 is 1. The number of rotatable bonds is 11. The van der Waals surface area contributed by atoms with Crippen LogP contribution >= 0.6 is 24.0 Å². The summed E-state index contributed by atoms with van der Waals surface area (Å²) in [5.74, 6) is 0.869. The van der Waals surface area contributed by atoms with E-state index in [9.17, 15) is 4.79 Å². The molecule has 1 aromatic heterocycles. The molecule has 0 radical (unpaired) electrons. The quantitative estimate of drug-likeness (QED) is 0.222. The van der Waals surface area contributed by atoms with E-state index in [1.165, 1.54) is 5.56 Å². The fraction of sp³-hybridized carbons (Fsp3) is 0.368. The third kappa shape index (κ3) is 8.83. The molecule has 0 aliphatic carbocycles. The van der Waals surface area contributed by atoms with Crippen LogP contribution in [0.25, 0.3) is 0 Å². The molecule has 1 aromatic carbocycles. The summed E-state index contributed by atoms with van der Waals surface area (Å²) in [4.78, 5) is 23.4. The van der Waals surface area contributed by atoms with Gasteiger partial charge in [-0.15, -0.1) is 12.4 Å². The number of aliphatic imine (C=N–C) groups is 1. The number of ether oxygens (including phenoxy) is 2. The molecule has 10 nitrogen and oxygen atoms in total. The maximum absolute atomic E-state index is 11.1. The molecule has 0 aliphatic rings. The third-order valence-corrected chi connectivity index (χ3v) is 4.28. The second kappa shape index (κ2) is 13.5. The number of urea groups is 1. The molecule has 31 heavy (non-hydrogen) atoms. The van der Waals surface area contributed by atoms with Gasteiger partial charge in [0.2, 0.25) is 0 Å². The van der Waals surface area contributed by atoms with Gasteiger partial charge in [0.25, 0.3) is 0 Å². The summed E-state index contributed by atoms with van der Waals surface area (Å²) in [6, 6.07) is 7.13. The fourth-order valence-corrected chi connectivity index (χ4v) is 2.65. The van der Waals surface area contributed by atoms with Crippen molar-refractivity contribution in [2.45, 2.75) is 19.3 Å². The molecule has 0 atom stereocenters. The lowest BCUT2D eigenvalue weighted by Gasteiger charge is -2.09. The zero-order valence-corrected chi connectivity index (χ0v) is 18.7. The summed E-state index contributed by atoms with van der Waals surface area (Å²) in [7, 11) is 1.64. The highest BCUT2D eigenvalue weighted by atomic mass is 35.5. The molecule has 2 amide bonds. The van der Waals surface area contributed by atoms with E-state index in [-0.39, 0.29) is 40.7 Å². The first-order valence-corrected chi connectivity index (χ1v) is 9.69. The Morgan fingerprint density at radius 3 is 2.52 bits per heavy atom. The number of hydrogen-bond donors (Lipinski definition) is 4. The Kier molecular flexibility index (Phi) is 11.4. The number of nitrogens with two attached hydrogens (primary N) is 3. The van der Waals surface area contributed by atoms with Crippen LogP contribution in [0.1, 0.15) is 24.1 Å².